The second kappa shape index (κ2) is 3.79. The highest BCUT2D eigenvalue weighted by Crippen LogP contribution is 2.19. The zero-order valence-corrected chi connectivity index (χ0v) is 8.35. The number of aryl methyl sites for hydroxylation is 1. The monoisotopic (exact) mass is 198 g/mol. The number of aromatic carboxylic acids is 1. The van der Waals surface area contributed by atoms with Crippen LogP contribution in [0.1, 0.15) is 27.0 Å². The van der Waals surface area contributed by atoms with Crippen LogP contribution in [0, 0.1) is 13.8 Å². The van der Waals surface area contributed by atoms with Crippen LogP contribution in [0.2, 0.25) is 0 Å². The van der Waals surface area contributed by atoms with Crippen LogP contribution in [0.5, 0.6) is 0 Å². The van der Waals surface area contributed by atoms with Gasteiger partial charge in [-0.2, -0.15) is 0 Å². The predicted molar refractivity (Wildman–Crippen MR) is 52.4 cm³/mol. The van der Waals surface area contributed by atoms with Crippen LogP contribution in [0.3, 0.4) is 0 Å². The second-order valence-corrected chi connectivity index (χ2v) is 3.24. The van der Waals surface area contributed by atoms with Gasteiger partial charge in [0.15, 0.2) is 0 Å². The highest BCUT2D eigenvalue weighted by atomic mass is 35.5. The minimum Gasteiger partial charge on any atom is -0.478 e. The molecule has 1 aromatic carbocycles. The van der Waals surface area contributed by atoms with Gasteiger partial charge in [-0.1, -0.05) is 6.07 Å². The molecule has 2 nitrogen and oxygen atoms in total. The third kappa shape index (κ3) is 1.83. The highest BCUT2D eigenvalue weighted by molar-refractivity contribution is 6.17. The Hall–Kier alpha value is -1.02. The Kier molecular flexibility index (Phi) is 2.94. The first-order valence-electron chi connectivity index (χ1n) is 3.96. The molecular weight excluding hydrogens is 188 g/mol. The van der Waals surface area contributed by atoms with Crippen LogP contribution < -0.4 is 0 Å². The van der Waals surface area contributed by atoms with Crippen molar-refractivity contribution in [2.24, 2.45) is 0 Å². The zero-order valence-electron chi connectivity index (χ0n) is 7.60. The molecule has 3 heteroatoms. The molecule has 0 radical (unpaired) electrons. The smallest absolute Gasteiger partial charge is 0.335 e. The van der Waals surface area contributed by atoms with Crippen molar-refractivity contribution in [1.82, 2.24) is 0 Å². The van der Waals surface area contributed by atoms with Gasteiger partial charge in [-0.05, 0) is 36.6 Å². The largest absolute Gasteiger partial charge is 0.478 e. The number of rotatable bonds is 2. The molecule has 0 aliphatic rings. The van der Waals surface area contributed by atoms with Crippen molar-refractivity contribution in [2.75, 3.05) is 0 Å². The van der Waals surface area contributed by atoms with E-state index >= 15 is 0 Å². The molecule has 1 aromatic rings. The Morgan fingerprint density at radius 3 is 2.54 bits per heavy atom. The van der Waals surface area contributed by atoms with E-state index in [0.29, 0.717) is 11.4 Å². The zero-order chi connectivity index (χ0) is 10.0. The normalized spacial score (nSPS) is 10.1. The van der Waals surface area contributed by atoms with Crippen molar-refractivity contribution < 1.29 is 9.90 Å². The summed E-state index contributed by atoms with van der Waals surface area (Å²) in [5, 5.41) is 8.83. The first-order chi connectivity index (χ1) is 6.07. The van der Waals surface area contributed by atoms with Gasteiger partial charge in [0.25, 0.3) is 0 Å². The van der Waals surface area contributed by atoms with Crippen molar-refractivity contribution in [3.63, 3.8) is 0 Å². The Morgan fingerprint density at radius 1 is 1.46 bits per heavy atom. The third-order valence-corrected chi connectivity index (χ3v) is 2.46. The van der Waals surface area contributed by atoms with Crippen LogP contribution >= 0.6 is 11.6 Å². The van der Waals surface area contributed by atoms with Gasteiger partial charge < -0.3 is 5.11 Å². The molecular formula is C10H11ClO2. The fraction of sp³-hybridized carbons (Fsp3) is 0.300. The van der Waals surface area contributed by atoms with E-state index in [-0.39, 0.29) is 0 Å². The molecule has 0 aromatic heterocycles. The average molecular weight is 199 g/mol. The highest BCUT2D eigenvalue weighted by Gasteiger charge is 2.11. The molecule has 0 saturated carbocycles. The first-order valence-corrected chi connectivity index (χ1v) is 4.49. The summed E-state index contributed by atoms with van der Waals surface area (Å²) in [5.41, 5.74) is 3.06. The van der Waals surface area contributed by atoms with E-state index in [2.05, 4.69) is 0 Å². The maximum absolute atomic E-state index is 10.8. The molecule has 0 fully saturated rings. The van der Waals surface area contributed by atoms with E-state index in [1.807, 2.05) is 6.92 Å². The molecule has 0 spiro atoms. The summed E-state index contributed by atoms with van der Waals surface area (Å²) in [6.45, 7) is 3.71. The Balaban J connectivity index is 3.35. The van der Waals surface area contributed by atoms with Gasteiger partial charge in [0.05, 0.1) is 5.56 Å². The van der Waals surface area contributed by atoms with Gasteiger partial charge in [-0.15, -0.1) is 11.6 Å². The number of hydrogen-bond donors (Lipinski definition) is 1. The second-order valence-electron chi connectivity index (χ2n) is 2.97. The van der Waals surface area contributed by atoms with Gasteiger partial charge in [0, 0.05) is 5.88 Å². The van der Waals surface area contributed by atoms with E-state index in [9.17, 15) is 4.79 Å². The Morgan fingerprint density at radius 2 is 2.08 bits per heavy atom. The third-order valence-electron chi connectivity index (χ3n) is 2.20. The SMILES string of the molecule is Cc1ccc(C(=O)O)c(C)c1CCl. The standard InChI is InChI=1S/C10H11ClO2/c1-6-3-4-8(10(12)13)7(2)9(6)5-11/h3-4H,5H2,1-2H3,(H,12,13). The molecule has 1 rings (SSSR count). The fourth-order valence-corrected chi connectivity index (χ4v) is 1.74. The van der Waals surface area contributed by atoms with Crippen molar-refractivity contribution in [1.29, 1.82) is 0 Å². The van der Waals surface area contributed by atoms with Gasteiger partial charge in [0.2, 0.25) is 0 Å². The number of benzene rings is 1. The molecule has 0 aliphatic carbocycles. The number of hydrogen-bond acceptors (Lipinski definition) is 1. The molecule has 0 heterocycles. The first kappa shape index (κ1) is 10.1. The lowest BCUT2D eigenvalue weighted by Gasteiger charge is -2.08. The minimum atomic E-state index is -0.899. The Bertz CT molecular complexity index is 345. The molecule has 1 N–H and O–H groups in total. The molecule has 70 valence electrons. The summed E-state index contributed by atoms with van der Waals surface area (Å²) in [7, 11) is 0. The van der Waals surface area contributed by atoms with Crippen molar-refractivity contribution >= 4 is 17.6 Å². The molecule has 13 heavy (non-hydrogen) atoms. The fourth-order valence-electron chi connectivity index (χ4n) is 1.33. The topological polar surface area (TPSA) is 37.3 Å². The summed E-state index contributed by atoms with van der Waals surface area (Å²) in [4.78, 5) is 10.8. The average Bonchev–Trinajstić information content (AvgIpc) is 2.04. The lowest BCUT2D eigenvalue weighted by atomic mass is 9.99. The van der Waals surface area contributed by atoms with Crippen molar-refractivity contribution in [2.45, 2.75) is 19.7 Å². The molecule has 0 aliphatic heterocycles. The van der Waals surface area contributed by atoms with Gasteiger partial charge in [-0.25, -0.2) is 4.79 Å². The van der Waals surface area contributed by atoms with Crippen molar-refractivity contribution in [3.05, 3.63) is 34.4 Å². The molecule has 0 bridgehead atoms. The number of alkyl halides is 1. The lowest BCUT2D eigenvalue weighted by Crippen LogP contribution is -2.03. The van der Waals surface area contributed by atoms with Gasteiger partial charge >= 0.3 is 5.97 Å². The minimum absolute atomic E-state index is 0.334. The molecule has 0 saturated heterocycles. The van der Waals surface area contributed by atoms with Crippen LogP contribution in [-0.4, -0.2) is 11.1 Å². The number of halogens is 1. The van der Waals surface area contributed by atoms with Gasteiger partial charge in [-0.3, -0.25) is 0 Å². The summed E-state index contributed by atoms with van der Waals surface area (Å²) >= 11 is 5.72. The van der Waals surface area contributed by atoms with E-state index in [1.54, 1.807) is 19.1 Å². The van der Waals surface area contributed by atoms with E-state index in [4.69, 9.17) is 16.7 Å². The van der Waals surface area contributed by atoms with E-state index < -0.39 is 5.97 Å². The maximum Gasteiger partial charge on any atom is 0.335 e. The molecule has 0 unspecified atom stereocenters. The number of carboxylic acid groups (broad SMARTS) is 1. The van der Waals surface area contributed by atoms with E-state index in [1.165, 1.54) is 0 Å². The summed E-state index contributed by atoms with van der Waals surface area (Å²) in [5.74, 6) is -0.539. The van der Waals surface area contributed by atoms with Crippen LogP contribution in [0.4, 0.5) is 0 Å². The van der Waals surface area contributed by atoms with Crippen LogP contribution in [0.15, 0.2) is 12.1 Å². The molecule has 0 amide bonds. The van der Waals surface area contributed by atoms with Crippen molar-refractivity contribution in [3.8, 4) is 0 Å². The van der Waals surface area contributed by atoms with Crippen LogP contribution in [0.25, 0.3) is 0 Å². The van der Waals surface area contributed by atoms with Crippen LogP contribution in [-0.2, 0) is 5.88 Å². The maximum atomic E-state index is 10.8. The lowest BCUT2D eigenvalue weighted by molar-refractivity contribution is 0.0696. The predicted octanol–water partition coefficient (Wildman–Crippen LogP) is 2.74. The summed E-state index contributed by atoms with van der Waals surface area (Å²) in [6.07, 6.45) is 0. The van der Waals surface area contributed by atoms with E-state index in [0.717, 1.165) is 16.7 Å². The summed E-state index contributed by atoms with van der Waals surface area (Å²) in [6, 6.07) is 3.40. The van der Waals surface area contributed by atoms with Gasteiger partial charge in [0.1, 0.15) is 0 Å². The summed E-state index contributed by atoms with van der Waals surface area (Å²) < 4.78 is 0. The number of carboxylic acids is 1. The quantitative estimate of drug-likeness (QED) is 0.742. The Labute approximate surface area is 82.2 Å². The number of carbonyl (C=O) groups is 1. The molecule has 0 atom stereocenters.